The Bertz CT molecular complexity index is 1900. The summed E-state index contributed by atoms with van der Waals surface area (Å²) in [5.41, 5.74) is 2.04. The minimum Gasteiger partial charge on any atom is -0.494 e. The first-order chi connectivity index (χ1) is 21.3. The number of carbonyl (C=O) groups excluding carboxylic acids is 1. The number of methoxy groups -OCH3 is 2. The van der Waals surface area contributed by atoms with Crippen LogP contribution in [0.5, 0.6) is 23.0 Å². The van der Waals surface area contributed by atoms with Gasteiger partial charge in [-0.3, -0.25) is 9.69 Å². The number of pyridine rings is 1. The molecule has 1 fully saturated rings. The zero-order chi connectivity index (χ0) is 30.8. The maximum Gasteiger partial charge on any atom is 0.284 e. The fraction of sp³-hybridized carbons (Fsp3) is 0.233. The molecule has 0 spiro atoms. The van der Waals surface area contributed by atoms with E-state index in [1.165, 1.54) is 25.8 Å². The summed E-state index contributed by atoms with van der Waals surface area (Å²) in [5.74, 6) is 0.591. The lowest BCUT2D eigenvalue weighted by molar-refractivity contribution is -0.114. The first kappa shape index (κ1) is 29.3. The molecule has 6 rings (SSSR count). The molecule has 4 heterocycles. The van der Waals surface area contributed by atoms with Crippen molar-refractivity contribution in [2.75, 3.05) is 38.4 Å². The van der Waals surface area contributed by atoms with Crippen LogP contribution in [0.25, 0.3) is 16.6 Å². The van der Waals surface area contributed by atoms with E-state index in [2.05, 4.69) is 46.6 Å². The molecule has 1 atom stereocenters. The van der Waals surface area contributed by atoms with Crippen molar-refractivity contribution in [3.8, 4) is 23.0 Å². The van der Waals surface area contributed by atoms with Gasteiger partial charge >= 0.3 is 0 Å². The van der Waals surface area contributed by atoms with Crippen molar-refractivity contribution < 1.29 is 23.4 Å². The third kappa shape index (κ3) is 5.98. The molecule has 0 aliphatic carbocycles. The Hall–Kier alpha value is -4.82. The average Bonchev–Trinajstić information content (AvgIpc) is 3.66. The molecule has 5 aromatic rings. The lowest BCUT2D eigenvalue weighted by Gasteiger charge is -2.17. The second-order valence-electron chi connectivity index (χ2n) is 10.1. The van der Waals surface area contributed by atoms with Crippen LogP contribution in [-0.2, 0) is 4.79 Å². The van der Waals surface area contributed by atoms with Crippen molar-refractivity contribution in [3.05, 3.63) is 71.6 Å². The molecule has 1 amide bonds. The Labute approximate surface area is 260 Å². The number of anilines is 3. The number of nitrogens with zero attached hydrogens (tertiary/aromatic N) is 6. The van der Waals surface area contributed by atoms with Gasteiger partial charge < -0.3 is 24.8 Å². The topological polar surface area (TPSA) is 128 Å². The third-order valence-corrected chi connectivity index (χ3v) is 7.94. The lowest BCUT2D eigenvalue weighted by Crippen LogP contribution is -2.24. The Morgan fingerprint density at radius 3 is 2.64 bits per heavy atom. The highest BCUT2D eigenvalue weighted by molar-refractivity contribution is 9.10. The Kier molecular flexibility index (Phi) is 8.26. The molecule has 0 saturated carbocycles. The van der Waals surface area contributed by atoms with Crippen LogP contribution in [0, 0.1) is 0 Å². The summed E-state index contributed by atoms with van der Waals surface area (Å²) < 4.78 is 34.4. The number of rotatable bonds is 9. The standard InChI is InChI=1S/C30H28BrFN8O4/c1-39-7-4-5-17(39)9-21(32)30(41)38-23-11-19-22(13-26(23)42-2)33-15-35-29(19)37-24-12-20(31)25(14-27(24)43-3)44-18-6-8-40-28(10-18)34-16-36-40/h6,8-17H,4-5,7H2,1-3H3,(H,38,41)(H,33,35,37)/b21-9-/t17-/m1/s1. The molecule has 1 saturated heterocycles. The highest BCUT2D eigenvalue weighted by atomic mass is 79.9. The molecular weight excluding hydrogens is 635 g/mol. The van der Waals surface area contributed by atoms with Gasteiger partial charge in [-0.15, -0.1) is 0 Å². The second kappa shape index (κ2) is 12.4. The highest BCUT2D eigenvalue weighted by Gasteiger charge is 2.22. The molecule has 1 aliphatic rings. The van der Waals surface area contributed by atoms with Gasteiger partial charge in [-0.05, 0) is 66.6 Å². The summed E-state index contributed by atoms with van der Waals surface area (Å²) in [6.07, 6.45) is 7.74. The number of hydrogen-bond acceptors (Lipinski definition) is 10. The van der Waals surface area contributed by atoms with Crippen molar-refractivity contribution >= 4 is 55.6 Å². The van der Waals surface area contributed by atoms with Crippen LogP contribution in [0.3, 0.4) is 0 Å². The molecule has 12 nitrogen and oxygen atoms in total. The smallest absolute Gasteiger partial charge is 0.284 e. The second-order valence-corrected chi connectivity index (χ2v) is 10.9. The monoisotopic (exact) mass is 662 g/mol. The van der Waals surface area contributed by atoms with Crippen LogP contribution in [0.4, 0.5) is 21.6 Å². The van der Waals surface area contributed by atoms with E-state index in [1.54, 1.807) is 54.2 Å². The molecule has 2 aromatic carbocycles. The molecule has 3 aromatic heterocycles. The number of ether oxygens (including phenoxy) is 3. The van der Waals surface area contributed by atoms with Gasteiger partial charge in [0.1, 0.15) is 41.5 Å². The zero-order valence-electron chi connectivity index (χ0n) is 24.0. The molecule has 44 heavy (non-hydrogen) atoms. The molecule has 2 N–H and O–H groups in total. The molecule has 0 radical (unpaired) electrons. The number of amides is 1. The maximum atomic E-state index is 14.9. The Morgan fingerprint density at radius 2 is 1.86 bits per heavy atom. The fourth-order valence-corrected chi connectivity index (χ4v) is 5.44. The normalized spacial score (nSPS) is 15.5. The van der Waals surface area contributed by atoms with Gasteiger partial charge in [0.25, 0.3) is 5.91 Å². The van der Waals surface area contributed by atoms with Crippen molar-refractivity contribution in [1.29, 1.82) is 0 Å². The number of halogens is 2. The van der Waals surface area contributed by atoms with E-state index in [9.17, 15) is 9.18 Å². The van der Waals surface area contributed by atoms with Crippen LogP contribution in [0.2, 0.25) is 0 Å². The van der Waals surface area contributed by atoms with Crippen LogP contribution in [0.1, 0.15) is 12.8 Å². The van der Waals surface area contributed by atoms with Gasteiger partial charge in [0.2, 0.25) is 0 Å². The van der Waals surface area contributed by atoms with Crippen LogP contribution in [0.15, 0.2) is 71.6 Å². The third-order valence-electron chi connectivity index (χ3n) is 7.32. The number of aromatic nitrogens is 5. The first-order valence-electron chi connectivity index (χ1n) is 13.7. The number of benzene rings is 2. The van der Waals surface area contributed by atoms with Crippen LogP contribution >= 0.6 is 15.9 Å². The molecule has 0 unspecified atom stereocenters. The number of likely N-dealkylation sites (tertiary alicyclic amines) is 1. The number of hydrogen-bond donors (Lipinski definition) is 2. The van der Waals surface area contributed by atoms with Gasteiger partial charge in [-0.2, -0.15) is 5.10 Å². The fourth-order valence-electron chi connectivity index (χ4n) is 5.02. The summed E-state index contributed by atoms with van der Waals surface area (Å²) in [5, 5.41) is 10.6. The number of likely N-dealkylation sites (N-methyl/N-ethyl adjacent to an activating group) is 1. The van der Waals surface area contributed by atoms with Gasteiger partial charge in [-0.25, -0.2) is 23.9 Å². The molecule has 226 valence electrons. The quantitative estimate of drug-likeness (QED) is 0.185. The summed E-state index contributed by atoms with van der Waals surface area (Å²) in [7, 11) is 4.92. The average molecular weight is 664 g/mol. The highest BCUT2D eigenvalue weighted by Crippen LogP contribution is 2.41. The largest absolute Gasteiger partial charge is 0.494 e. The van der Waals surface area contributed by atoms with Crippen molar-refractivity contribution in [2.45, 2.75) is 18.9 Å². The number of carbonyl (C=O) groups is 1. The maximum absolute atomic E-state index is 14.9. The Morgan fingerprint density at radius 1 is 1.05 bits per heavy atom. The number of fused-ring (bicyclic) bond motifs is 2. The van der Waals surface area contributed by atoms with Crippen molar-refractivity contribution in [3.63, 3.8) is 0 Å². The summed E-state index contributed by atoms with van der Waals surface area (Å²) in [4.78, 5) is 27.8. The van der Waals surface area contributed by atoms with Crippen molar-refractivity contribution in [1.82, 2.24) is 29.5 Å². The van der Waals surface area contributed by atoms with E-state index in [-0.39, 0.29) is 11.7 Å². The van der Waals surface area contributed by atoms with E-state index in [0.29, 0.717) is 55.5 Å². The van der Waals surface area contributed by atoms with E-state index < -0.39 is 11.7 Å². The first-order valence-corrected chi connectivity index (χ1v) is 14.5. The van der Waals surface area contributed by atoms with Gasteiger partial charge in [0.15, 0.2) is 11.5 Å². The molecule has 1 aliphatic heterocycles. The Balaban J connectivity index is 1.28. The summed E-state index contributed by atoms with van der Waals surface area (Å²) >= 11 is 3.58. The predicted octanol–water partition coefficient (Wildman–Crippen LogP) is 5.87. The zero-order valence-corrected chi connectivity index (χ0v) is 25.6. The van der Waals surface area contributed by atoms with E-state index >= 15 is 0 Å². The molecule has 14 heteroatoms. The minimum atomic E-state index is -0.862. The van der Waals surface area contributed by atoms with Crippen LogP contribution < -0.4 is 24.8 Å². The minimum absolute atomic E-state index is 0.118. The van der Waals surface area contributed by atoms with Gasteiger partial charge in [0.05, 0.1) is 35.6 Å². The SMILES string of the molecule is COc1cc2ncnc(Nc3cc(Br)c(Oc4ccn5ncnc5c4)cc3OC)c2cc1NC(=O)/C(F)=C/[C@H]1CCCN1C. The lowest BCUT2D eigenvalue weighted by atomic mass is 10.1. The van der Waals surface area contributed by atoms with Gasteiger partial charge in [-0.1, -0.05) is 0 Å². The van der Waals surface area contributed by atoms with E-state index in [4.69, 9.17) is 14.2 Å². The molecular formula is C30H28BrFN8O4. The predicted molar refractivity (Wildman–Crippen MR) is 167 cm³/mol. The molecule has 0 bridgehead atoms. The number of nitrogens with one attached hydrogen (secondary N) is 2. The van der Waals surface area contributed by atoms with E-state index in [1.807, 2.05) is 11.9 Å². The van der Waals surface area contributed by atoms with Gasteiger partial charge in [0, 0.05) is 35.8 Å². The van der Waals surface area contributed by atoms with E-state index in [0.717, 1.165) is 19.4 Å². The summed E-state index contributed by atoms with van der Waals surface area (Å²) in [6, 6.07) is 10.2. The summed E-state index contributed by atoms with van der Waals surface area (Å²) in [6.45, 7) is 0.863. The van der Waals surface area contributed by atoms with Crippen molar-refractivity contribution in [2.24, 2.45) is 0 Å². The van der Waals surface area contributed by atoms with Crippen LogP contribution in [-0.4, -0.2) is 69.2 Å².